The van der Waals surface area contributed by atoms with Gasteiger partial charge < -0.3 is 5.11 Å². The van der Waals surface area contributed by atoms with Crippen molar-refractivity contribution in [1.29, 1.82) is 0 Å². The maximum atomic E-state index is 9.06. The summed E-state index contributed by atoms with van der Waals surface area (Å²) in [4.78, 5) is 0. The molecule has 0 rings (SSSR count). The molecule has 0 amide bonds. The van der Waals surface area contributed by atoms with Crippen LogP contribution in [0, 0.1) is 12.3 Å². The number of thioether (sulfide) groups is 1. The molecule has 0 fully saturated rings. The van der Waals surface area contributed by atoms with E-state index in [2.05, 4.69) is 5.92 Å². The molecule has 0 radical (unpaired) electrons. The summed E-state index contributed by atoms with van der Waals surface area (Å²) in [6.07, 6.45) is 8.18. The lowest BCUT2D eigenvalue weighted by molar-refractivity contribution is 0.191. The van der Waals surface area contributed by atoms with E-state index in [4.69, 9.17) is 11.5 Å². The van der Waals surface area contributed by atoms with Crippen LogP contribution in [-0.4, -0.2) is 23.2 Å². The molecule has 0 bridgehead atoms. The van der Waals surface area contributed by atoms with Gasteiger partial charge in [-0.3, -0.25) is 0 Å². The largest absolute Gasteiger partial charge is 0.392 e. The first kappa shape index (κ1) is 8.87. The van der Waals surface area contributed by atoms with Crippen LogP contribution in [0.15, 0.2) is 0 Å². The number of rotatable bonds is 4. The molecule has 1 unspecified atom stereocenters. The minimum Gasteiger partial charge on any atom is -0.392 e. The van der Waals surface area contributed by atoms with Crippen LogP contribution in [0.1, 0.15) is 12.8 Å². The third-order valence-electron chi connectivity index (χ3n) is 0.981. The molecule has 0 aromatic rings. The van der Waals surface area contributed by atoms with Gasteiger partial charge in [0.15, 0.2) is 0 Å². The fourth-order valence-corrected chi connectivity index (χ4v) is 1.08. The van der Waals surface area contributed by atoms with Crippen molar-refractivity contribution in [2.45, 2.75) is 18.9 Å². The zero-order chi connectivity index (χ0) is 7.11. The Labute approximate surface area is 60.8 Å². The molecule has 0 aromatic carbocycles. The molecule has 0 saturated heterocycles. The molecule has 1 nitrogen and oxygen atoms in total. The molecule has 52 valence electrons. The summed E-state index contributed by atoms with van der Waals surface area (Å²) in [6.45, 7) is 0. The SMILES string of the molecule is C#CCCC(O)CSC. The van der Waals surface area contributed by atoms with E-state index in [0.717, 1.165) is 12.2 Å². The van der Waals surface area contributed by atoms with Crippen LogP contribution in [0.2, 0.25) is 0 Å². The molecular formula is C7H12OS. The summed E-state index contributed by atoms with van der Waals surface area (Å²) in [5, 5.41) is 9.06. The predicted octanol–water partition coefficient (Wildman–Crippen LogP) is 1.12. The van der Waals surface area contributed by atoms with Gasteiger partial charge in [0.25, 0.3) is 0 Å². The van der Waals surface area contributed by atoms with Gasteiger partial charge in [-0.2, -0.15) is 11.8 Å². The van der Waals surface area contributed by atoms with Crippen LogP contribution in [0.25, 0.3) is 0 Å². The number of hydrogen-bond acceptors (Lipinski definition) is 2. The fourth-order valence-electron chi connectivity index (χ4n) is 0.526. The molecule has 9 heavy (non-hydrogen) atoms. The third kappa shape index (κ3) is 5.75. The van der Waals surface area contributed by atoms with E-state index in [1.165, 1.54) is 0 Å². The Bertz CT molecular complexity index is 95.6. The standard InChI is InChI=1S/C7H12OS/c1-3-4-5-7(8)6-9-2/h1,7-8H,4-6H2,2H3. The van der Waals surface area contributed by atoms with Gasteiger partial charge in [-0.05, 0) is 12.7 Å². The number of terminal acetylenes is 1. The highest BCUT2D eigenvalue weighted by atomic mass is 32.2. The van der Waals surface area contributed by atoms with Crippen molar-refractivity contribution >= 4 is 11.8 Å². The van der Waals surface area contributed by atoms with E-state index in [1.54, 1.807) is 11.8 Å². The smallest absolute Gasteiger partial charge is 0.0639 e. The van der Waals surface area contributed by atoms with Crippen LogP contribution < -0.4 is 0 Å². The summed E-state index contributed by atoms with van der Waals surface area (Å²) in [5.41, 5.74) is 0. The van der Waals surface area contributed by atoms with Gasteiger partial charge in [0, 0.05) is 12.2 Å². The van der Waals surface area contributed by atoms with Gasteiger partial charge in [0.05, 0.1) is 6.10 Å². The van der Waals surface area contributed by atoms with Crippen LogP contribution in [0.5, 0.6) is 0 Å². The molecular weight excluding hydrogens is 132 g/mol. The van der Waals surface area contributed by atoms with Crippen molar-refractivity contribution in [3.63, 3.8) is 0 Å². The van der Waals surface area contributed by atoms with Crippen molar-refractivity contribution in [2.75, 3.05) is 12.0 Å². The Morgan fingerprint density at radius 1 is 1.78 bits per heavy atom. The van der Waals surface area contributed by atoms with E-state index in [0.29, 0.717) is 6.42 Å². The lowest BCUT2D eigenvalue weighted by atomic mass is 10.2. The second kappa shape index (κ2) is 6.00. The molecule has 0 saturated carbocycles. The minimum atomic E-state index is -0.212. The van der Waals surface area contributed by atoms with Gasteiger partial charge in [-0.1, -0.05) is 0 Å². The van der Waals surface area contributed by atoms with Gasteiger partial charge in [-0.15, -0.1) is 12.3 Å². The molecule has 2 heteroatoms. The fraction of sp³-hybridized carbons (Fsp3) is 0.714. The van der Waals surface area contributed by atoms with Crippen molar-refractivity contribution in [3.05, 3.63) is 0 Å². The highest BCUT2D eigenvalue weighted by molar-refractivity contribution is 7.98. The monoisotopic (exact) mass is 144 g/mol. The van der Waals surface area contributed by atoms with Crippen LogP contribution in [0.4, 0.5) is 0 Å². The molecule has 1 N–H and O–H groups in total. The number of aliphatic hydroxyl groups is 1. The normalized spacial score (nSPS) is 12.6. The van der Waals surface area contributed by atoms with Crippen LogP contribution in [0.3, 0.4) is 0 Å². The molecule has 0 heterocycles. The molecule has 0 spiro atoms. The Kier molecular flexibility index (Phi) is 5.91. The minimum absolute atomic E-state index is 0.212. The van der Waals surface area contributed by atoms with Crippen molar-refractivity contribution in [2.24, 2.45) is 0 Å². The second-order valence-electron chi connectivity index (χ2n) is 1.85. The number of aliphatic hydroxyl groups excluding tert-OH is 1. The topological polar surface area (TPSA) is 20.2 Å². The average Bonchev–Trinajstić information content (AvgIpc) is 1.85. The van der Waals surface area contributed by atoms with Gasteiger partial charge in [0.2, 0.25) is 0 Å². The second-order valence-corrected chi connectivity index (χ2v) is 2.76. The quantitative estimate of drug-likeness (QED) is 0.597. The summed E-state index contributed by atoms with van der Waals surface area (Å²) in [7, 11) is 0. The summed E-state index contributed by atoms with van der Waals surface area (Å²) in [6, 6.07) is 0. The van der Waals surface area contributed by atoms with Crippen molar-refractivity contribution in [1.82, 2.24) is 0 Å². The molecule has 0 aromatic heterocycles. The Hall–Kier alpha value is -0.130. The van der Waals surface area contributed by atoms with Gasteiger partial charge >= 0.3 is 0 Å². The zero-order valence-electron chi connectivity index (χ0n) is 5.63. The van der Waals surface area contributed by atoms with Crippen molar-refractivity contribution in [3.8, 4) is 12.3 Å². The summed E-state index contributed by atoms with van der Waals surface area (Å²) in [5.74, 6) is 3.28. The van der Waals surface area contributed by atoms with E-state index in [-0.39, 0.29) is 6.10 Å². The van der Waals surface area contributed by atoms with E-state index >= 15 is 0 Å². The Morgan fingerprint density at radius 3 is 2.89 bits per heavy atom. The van der Waals surface area contributed by atoms with Gasteiger partial charge in [0.1, 0.15) is 0 Å². The first-order valence-electron chi connectivity index (χ1n) is 2.91. The first-order chi connectivity index (χ1) is 4.31. The van der Waals surface area contributed by atoms with E-state index in [1.807, 2.05) is 6.26 Å². The lowest BCUT2D eigenvalue weighted by Gasteiger charge is -2.04. The van der Waals surface area contributed by atoms with E-state index < -0.39 is 0 Å². The maximum Gasteiger partial charge on any atom is 0.0639 e. The van der Waals surface area contributed by atoms with Gasteiger partial charge in [-0.25, -0.2) is 0 Å². The molecule has 0 aliphatic carbocycles. The Morgan fingerprint density at radius 2 is 2.44 bits per heavy atom. The maximum absolute atomic E-state index is 9.06. The van der Waals surface area contributed by atoms with E-state index in [9.17, 15) is 0 Å². The molecule has 0 aliphatic rings. The number of hydrogen-bond donors (Lipinski definition) is 1. The lowest BCUT2D eigenvalue weighted by Crippen LogP contribution is -2.08. The van der Waals surface area contributed by atoms with Crippen LogP contribution in [-0.2, 0) is 0 Å². The molecule has 1 atom stereocenters. The van der Waals surface area contributed by atoms with Crippen molar-refractivity contribution < 1.29 is 5.11 Å². The first-order valence-corrected chi connectivity index (χ1v) is 4.31. The summed E-state index contributed by atoms with van der Waals surface area (Å²) >= 11 is 1.64. The Balaban J connectivity index is 3.07. The predicted molar refractivity (Wildman–Crippen MR) is 42.5 cm³/mol. The van der Waals surface area contributed by atoms with Crippen LogP contribution >= 0.6 is 11.8 Å². The third-order valence-corrected chi connectivity index (χ3v) is 1.70. The summed E-state index contributed by atoms with van der Waals surface area (Å²) < 4.78 is 0. The highest BCUT2D eigenvalue weighted by Gasteiger charge is 1.99. The molecule has 0 aliphatic heterocycles. The zero-order valence-corrected chi connectivity index (χ0v) is 6.45. The average molecular weight is 144 g/mol. The highest BCUT2D eigenvalue weighted by Crippen LogP contribution is 2.02.